The first kappa shape index (κ1) is 15.8. The summed E-state index contributed by atoms with van der Waals surface area (Å²) in [4.78, 5) is 13.0. The summed E-state index contributed by atoms with van der Waals surface area (Å²) in [5.74, 6) is 0. The minimum absolute atomic E-state index is 0.119. The van der Waals surface area contributed by atoms with Crippen LogP contribution in [-0.4, -0.2) is 27.5 Å². The molecule has 128 valence electrons. The minimum atomic E-state index is -0.362. The van der Waals surface area contributed by atoms with Crippen molar-refractivity contribution in [1.29, 1.82) is 0 Å². The van der Waals surface area contributed by atoms with Gasteiger partial charge in [-0.25, -0.2) is 0 Å². The molecule has 1 aromatic heterocycles. The highest BCUT2D eigenvalue weighted by molar-refractivity contribution is 5.85. The molecular weight excluding hydrogens is 314 g/mol. The number of piperidine rings is 1. The second-order valence-corrected chi connectivity index (χ2v) is 6.65. The maximum absolute atomic E-state index is 10.9. The second-order valence-electron chi connectivity index (χ2n) is 6.65. The molecule has 4 rings (SSSR count). The summed E-state index contributed by atoms with van der Waals surface area (Å²) in [5.41, 5.74) is 3.53. The molecule has 0 radical (unpaired) electrons. The Balaban J connectivity index is 1.72. The van der Waals surface area contributed by atoms with Gasteiger partial charge in [0.25, 0.3) is 5.69 Å². The van der Waals surface area contributed by atoms with E-state index in [0.717, 1.165) is 30.8 Å². The predicted molar refractivity (Wildman–Crippen MR) is 99.1 cm³/mol. The Morgan fingerprint density at radius 1 is 0.960 bits per heavy atom. The summed E-state index contributed by atoms with van der Waals surface area (Å²) in [6, 6.07) is 15.1. The quantitative estimate of drug-likeness (QED) is 0.520. The van der Waals surface area contributed by atoms with E-state index >= 15 is 0 Å². The molecular formula is C20H21N3O2. The fraction of sp³-hybridized carbons (Fsp3) is 0.300. The molecule has 0 aliphatic carbocycles. The summed E-state index contributed by atoms with van der Waals surface area (Å²) in [6.45, 7) is 3.29. The normalized spacial score (nSPS) is 15.5. The molecule has 2 heterocycles. The third kappa shape index (κ3) is 3.15. The standard InChI is InChI=1S/C20H21N3O2/c24-23(25)18-10-8-17(9-11-18)22-15-16(14-21-12-4-1-5-13-21)19-6-2-3-7-20(19)22/h2-3,6-11,15H,1,4-5,12-14H2. The van der Waals surface area contributed by atoms with Crippen molar-refractivity contribution >= 4 is 16.6 Å². The van der Waals surface area contributed by atoms with Crippen molar-refractivity contribution < 1.29 is 4.92 Å². The summed E-state index contributed by atoms with van der Waals surface area (Å²) < 4.78 is 2.14. The van der Waals surface area contributed by atoms with Gasteiger partial charge in [-0.1, -0.05) is 24.6 Å². The van der Waals surface area contributed by atoms with Gasteiger partial charge in [-0.15, -0.1) is 0 Å². The Labute approximate surface area is 146 Å². The first-order chi connectivity index (χ1) is 12.2. The van der Waals surface area contributed by atoms with Crippen molar-refractivity contribution in [2.75, 3.05) is 13.1 Å². The highest BCUT2D eigenvalue weighted by Gasteiger charge is 2.15. The largest absolute Gasteiger partial charge is 0.316 e. The Morgan fingerprint density at radius 2 is 1.68 bits per heavy atom. The van der Waals surface area contributed by atoms with Crippen LogP contribution in [0.2, 0.25) is 0 Å². The molecule has 0 atom stereocenters. The average Bonchev–Trinajstić information content (AvgIpc) is 3.01. The minimum Gasteiger partial charge on any atom is -0.316 e. The third-order valence-corrected chi connectivity index (χ3v) is 4.98. The smallest absolute Gasteiger partial charge is 0.269 e. The van der Waals surface area contributed by atoms with Gasteiger partial charge in [0.05, 0.1) is 10.4 Å². The van der Waals surface area contributed by atoms with Crippen molar-refractivity contribution in [2.45, 2.75) is 25.8 Å². The number of para-hydroxylation sites is 1. The summed E-state index contributed by atoms with van der Waals surface area (Å²) >= 11 is 0. The van der Waals surface area contributed by atoms with Crippen LogP contribution in [0.3, 0.4) is 0 Å². The Hall–Kier alpha value is -2.66. The van der Waals surface area contributed by atoms with Crippen molar-refractivity contribution in [3.63, 3.8) is 0 Å². The molecule has 1 aliphatic heterocycles. The van der Waals surface area contributed by atoms with Crippen LogP contribution >= 0.6 is 0 Å². The van der Waals surface area contributed by atoms with Crippen LogP contribution < -0.4 is 0 Å². The zero-order valence-electron chi connectivity index (χ0n) is 14.1. The van der Waals surface area contributed by atoms with Crippen LogP contribution in [0.4, 0.5) is 5.69 Å². The van der Waals surface area contributed by atoms with E-state index in [1.807, 2.05) is 18.2 Å². The molecule has 0 bridgehead atoms. The number of likely N-dealkylation sites (tertiary alicyclic amines) is 1. The molecule has 1 fully saturated rings. The van der Waals surface area contributed by atoms with Gasteiger partial charge in [0.15, 0.2) is 0 Å². The maximum atomic E-state index is 10.9. The number of hydrogen-bond donors (Lipinski definition) is 0. The van der Waals surface area contributed by atoms with E-state index in [1.165, 1.54) is 30.2 Å². The van der Waals surface area contributed by atoms with E-state index in [2.05, 4.69) is 33.9 Å². The molecule has 5 nitrogen and oxygen atoms in total. The number of hydrogen-bond acceptors (Lipinski definition) is 3. The predicted octanol–water partition coefficient (Wildman–Crippen LogP) is 4.52. The zero-order valence-corrected chi connectivity index (χ0v) is 14.1. The van der Waals surface area contributed by atoms with E-state index in [1.54, 1.807) is 12.1 Å². The number of nitro groups is 1. The van der Waals surface area contributed by atoms with E-state index in [4.69, 9.17) is 0 Å². The van der Waals surface area contributed by atoms with E-state index < -0.39 is 0 Å². The number of benzene rings is 2. The molecule has 5 heteroatoms. The topological polar surface area (TPSA) is 51.3 Å². The van der Waals surface area contributed by atoms with Gasteiger partial charge in [-0.05, 0) is 49.7 Å². The number of non-ortho nitro benzene ring substituents is 1. The molecule has 3 aromatic rings. The highest BCUT2D eigenvalue weighted by atomic mass is 16.6. The molecule has 0 amide bonds. The fourth-order valence-electron chi connectivity index (χ4n) is 3.68. The van der Waals surface area contributed by atoms with E-state index in [0.29, 0.717) is 0 Å². The Bertz CT molecular complexity index is 893. The number of nitro benzene ring substituents is 1. The van der Waals surface area contributed by atoms with Crippen LogP contribution in [-0.2, 0) is 6.54 Å². The maximum Gasteiger partial charge on any atom is 0.269 e. The van der Waals surface area contributed by atoms with Gasteiger partial charge < -0.3 is 4.57 Å². The lowest BCUT2D eigenvalue weighted by Gasteiger charge is -2.26. The van der Waals surface area contributed by atoms with Crippen LogP contribution in [0.5, 0.6) is 0 Å². The molecule has 0 unspecified atom stereocenters. The fourth-order valence-corrected chi connectivity index (χ4v) is 3.68. The molecule has 1 aliphatic rings. The van der Waals surface area contributed by atoms with Crippen LogP contribution in [0, 0.1) is 10.1 Å². The van der Waals surface area contributed by atoms with Crippen molar-refractivity contribution in [1.82, 2.24) is 9.47 Å². The van der Waals surface area contributed by atoms with Crippen LogP contribution in [0.15, 0.2) is 54.7 Å². The number of nitrogens with zero attached hydrogens (tertiary/aromatic N) is 3. The van der Waals surface area contributed by atoms with Crippen molar-refractivity contribution in [3.8, 4) is 5.69 Å². The second kappa shape index (κ2) is 6.69. The SMILES string of the molecule is O=[N+]([O-])c1ccc(-n2cc(CN3CCCCC3)c3ccccc32)cc1. The first-order valence-electron chi connectivity index (χ1n) is 8.78. The summed E-state index contributed by atoms with van der Waals surface area (Å²) in [5, 5.41) is 12.1. The number of aromatic nitrogens is 1. The van der Waals surface area contributed by atoms with E-state index in [-0.39, 0.29) is 10.6 Å². The Morgan fingerprint density at radius 3 is 2.40 bits per heavy atom. The van der Waals surface area contributed by atoms with Crippen LogP contribution in [0.25, 0.3) is 16.6 Å². The summed E-state index contributed by atoms with van der Waals surface area (Å²) in [7, 11) is 0. The van der Waals surface area contributed by atoms with Crippen LogP contribution in [0.1, 0.15) is 24.8 Å². The molecule has 0 saturated carbocycles. The lowest BCUT2D eigenvalue weighted by atomic mass is 10.1. The lowest BCUT2D eigenvalue weighted by Crippen LogP contribution is -2.28. The van der Waals surface area contributed by atoms with Gasteiger partial charge in [0.1, 0.15) is 0 Å². The van der Waals surface area contributed by atoms with Gasteiger partial charge in [0.2, 0.25) is 0 Å². The average molecular weight is 335 g/mol. The van der Waals surface area contributed by atoms with Crippen molar-refractivity contribution in [3.05, 3.63) is 70.4 Å². The Kier molecular flexibility index (Phi) is 4.24. The molecule has 0 N–H and O–H groups in total. The van der Waals surface area contributed by atoms with Crippen molar-refractivity contribution in [2.24, 2.45) is 0 Å². The molecule has 2 aromatic carbocycles. The monoisotopic (exact) mass is 335 g/mol. The van der Waals surface area contributed by atoms with Gasteiger partial charge >= 0.3 is 0 Å². The number of fused-ring (bicyclic) bond motifs is 1. The first-order valence-corrected chi connectivity index (χ1v) is 8.78. The molecule has 25 heavy (non-hydrogen) atoms. The van der Waals surface area contributed by atoms with Gasteiger partial charge in [-0.2, -0.15) is 0 Å². The molecule has 1 saturated heterocycles. The number of rotatable bonds is 4. The highest BCUT2D eigenvalue weighted by Crippen LogP contribution is 2.27. The van der Waals surface area contributed by atoms with Gasteiger partial charge in [0, 0.05) is 35.9 Å². The third-order valence-electron chi connectivity index (χ3n) is 4.98. The summed E-state index contributed by atoms with van der Waals surface area (Å²) in [6.07, 6.45) is 6.07. The van der Waals surface area contributed by atoms with E-state index in [9.17, 15) is 10.1 Å². The molecule has 0 spiro atoms. The lowest BCUT2D eigenvalue weighted by molar-refractivity contribution is -0.384. The zero-order chi connectivity index (χ0) is 17.2. The van der Waals surface area contributed by atoms with Gasteiger partial charge in [-0.3, -0.25) is 15.0 Å².